The molecule has 4 heteroatoms. The van der Waals surface area contributed by atoms with Crippen molar-refractivity contribution in [1.29, 1.82) is 0 Å². The normalized spacial score (nSPS) is 10.5. The first-order chi connectivity index (χ1) is 6.68. The smallest absolute Gasteiger partial charge is 0.162 e. The van der Waals surface area contributed by atoms with Crippen molar-refractivity contribution in [3.63, 3.8) is 0 Å². The van der Waals surface area contributed by atoms with Gasteiger partial charge in [0.2, 0.25) is 0 Å². The summed E-state index contributed by atoms with van der Waals surface area (Å²) in [5.74, 6) is 0.746. The van der Waals surface area contributed by atoms with Gasteiger partial charge in [0, 0.05) is 24.6 Å². The van der Waals surface area contributed by atoms with Crippen LogP contribution in [0.25, 0.3) is 11.4 Å². The first kappa shape index (κ1) is 8.87. The Morgan fingerprint density at radius 2 is 2.07 bits per heavy atom. The average molecular weight is 188 g/mol. The van der Waals surface area contributed by atoms with Crippen LogP contribution in [0.5, 0.6) is 0 Å². The molecule has 0 atom stereocenters. The zero-order valence-electron chi connectivity index (χ0n) is 8.52. The van der Waals surface area contributed by atoms with Crippen molar-refractivity contribution in [2.75, 3.05) is 0 Å². The lowest BCUT2D eigenvalue weighted by Crippen LogP contribution is -1.95. The monoisotopic (exact) mass is 188 g/mol. The van der Waals surface area contributed by atoms with Crippen LogP contribution in [-0.2, 0) is 7.05 Å². The van der Waals surface area contributed by atoms with Gasteiger partial charge in [0.1, 0.15) is 0 Å². The Morgan fingerprint density at radius 3 is 2.64 bits per heavy atom. The summed E-state index contributed by atoms with van der Waals surface area (Å²) in [6, 6.07) is 1.88. The molecule has 0 aromatic carbocycles. The van der Waals surface area contributed by atoms with Gasteiger partial charge < -0.3 is 0 Å². The van der Waals surface area contributed by atoms with Crippen molar-refractivity contribution in [2.24, 2.45) is 7.05 Å². The first-order valence-electron chi connectivity index (χ1n) is 4.47. The third-order valence-corrected chi connectivity index (χ3v) is 2.27. The maximum absolute atomic E-state index is 4.35. The van der Waals surface area contributed by atoms with Crippen LogP contribution >= 0.6 is 0 Å². The van der Waals surface area contributed by atoms with Crippen LogP contribution in [0.1, 0.15) is 11.4 Å². The molecular formula is C10H12N4. The van der Waals surface area contributed by atoms with Gasteiger partial charge in [-0.1, -0.05) is 0 Å². The van der Waals surface area contributed by atoms with Crippen LogP contribution in [0.3, 0.4) is 0 Å². The number of nitrogens with zero attached hydrogens (tertiary/aromatic N) is 4. The molecule has 72 valence electrons. The molecule has 0 saturated heterocycles. The predicted molar refractivity (Wildman–Crippen MR) is 53.7 cm³/mol. The Kier molecular flexibility index (Phi) is 2.04. The van der Waals surface area contributed by atoms with E-state index in [0.717, 1.165) is 22.8 Å². The fraction of sp³-hybridized carbons (Fsp3) is 0.300. The SMILES string of the molecule is Cc1ccnc(-c2cnn(C)c2C)n1. The Balaban J connectivity index is 2.55. The molecule has 0 aliphatic heterocycles. The highest BCUT2D eigenvalue weighted by Gasteiger charge is 2.08. The molecule has 0 fully saturated rings. The lowest BCUT2D eigenvalue weighted by molar-refractivity contribution is 0.740. The van der Waals surface area contributed by atoms with Gasteiger partial charge in [0.05, 0.1) is 11.8 Å². The Hall–Kier alpha value is -1.71. The Labute approximate surface area is 82.6 Å². The van der Waals surface area contributed by atoms with Gasteiger partial charge in [-0.25, -0.2) is 9.97 Å². The minimum atomic E-state index is 0.746. The molecule has 2 aromatic rings. The van der Waals surface area contributed by atoms with Gasteiger partial charge >= 0.3 is 0 Å². The summed E-state index contributed by atoms with van der Waals surface area (Å²) < 4.78 is 1.82. The quantitative estimate of drug-likeness (QED) is 0.681. The van der Waals surface area contributed by atoms with E-state index in [1.807, 2.05) is 31.6 Å². The molecule has 2 rings (SSSR count). The number of rotatable bonds is 1. The molecule has 0 saturated carbocycles. The van der Waals surface area contributed by atoms with E-state index >= 15 is 0 Å². The van der Waals surface area contributed by atoms with Gasteiger partial charge in [-0.05, 0) is 19.9 Å². The number of aromatic nitrogens is 4. The summed E-state index contributed by atoms with van der Waals surface area (Å²) in [4.78, 5) is 8.57. The number of aryl methyl sites for hydroxylation is 2. The van der Waals surface area contributed by atoms with E-state index < -0.39 is 0 Å². The number of hydrogen-bond acceptors (Lipinski definition) is 3. The molecular weight excluding hydrogens is 176 g/mol. The van der Waals surface area contributed by atoms with Crippen LogP contribution < -0.4 is 0 Å². The van der Waals surface area contributed by atoms with E-state index in [2.05, 4.69) is 15.1 Å². The molecule has 0 N–H and O–H groups in total. The Bertz CT molecular complexity index is 459. The fourth-order valence-electron chi connectivity index (χ4n) is 1.30. The van der Waals surface area contributed by atoms with Crippen LogP contribution in [-0.4, -0.2) is 19.7 Å². The average Bonchev–Trinajstić information content (AvgIpc) is 2.48. The molecule has 0 amide bonds. The van der Waals surface area contributed by atoms with Crippen molar-refractivity contribution in [3.05, 3.63) is 29.8 Å². The van der Waals surface area contributed by atoms with E-state index in [0.29, 0.717) is 0 Å². The van der Waals surface area contributed by atoms with E-state index in [9.17, 15) is 0 Å². The van der Waals surface area contributed by atoms with Gasteiger partial charge in [-0.2, -0.15) is 5.10 Å². The zero-order chi connectivity index (χ0) is 10.1. The third-order valence-electron chi connectivity index (χ3n) is 2.27. The van der Waals surface area contributed by atoms with Crippen molar-refractivity contribution in [3.8, 4) is 11.4 Å². The molecule has 0 spiro atoms. The maximum Gasteiger partial charge on any atom is 0.162 e. The van der Waals surface area contributed by atoms with E-state index in [1.165, 1.54) is 0 Å². The molecule has 0 aliphatic rings. The lowest BCUT2D eigenvalue weighted by atomic mass is 10.2. The molecule has 0 aliphatic carbocycles. The lowest BCUT2D eigenvalue weighted by Gasteiger charge is -1.99. The highest BCUT2D eigenvalue weighted by Crippen LogP contribution is 2.17. The summed E-state index contributed by atoms with van der Waals surface area (Å²) in [7, 11) is 1.91. The number of hydrogen-bond donors (Lipinski definition) is 0. The molecule has 0 radical (unpaired) electrons. The summed E-state index contributed by atoms with van der Waals surface area (Å²) in [5, 5.41) is 4.16. The van der Waals surface area contributed by atoms with Crippen molar-refractivity contribution >= 4 is 0 Å². The molecule has 2 heterocycles. The van der Waals surface area contributed by atoms with Crippen molar-refractivity contribution in [1.82, 2.24) is 19.7 Å². The van der Waals surface area contributed by atoms with Crippen molar-refractivity contribution < 1.29 is 0 Å². The standard InChI is InChI=1S/C10H12N4/c1-7-4-5-11-10(13-7)9-6-12-14(3)8(9)2/h4-6H,1-3H3. The first-order valence-corrected chi connectivity index (χ1v) is 4.47. The summed E-state index contributed by atoms with van der Waals surface area (Å²) >= 11 is 0. The van der Waals surface area contributed by atoms with Gasteiger partial charge in [0.25, 0.3) is 0 Å². The maximum atomic E-state index is 4.35. The molecule has 0 bridgehead atoms. The van der Waals surface area contributed by atoms with Gasteiger partial charge in [-0.3, -0.25) is 4.68 Å². The van der Waals surface area contributed by atoms with Crippen LogP contribution in [0, 0.1) is 13.8 Å². The summed E-state index contributed by atoms with van der Waals surface area (Å²) in [6.45, 7) is 3.96. The molecule has 0 unspecified atom stereocenters. The Morgan fingerprint density at radius 1 is 1.29 bits per heavy atom. The zero-order valence-corrected chi connectivity index (χ0v) is 8.52. The second-order valence-electron chi connectivity index (χ2n) is 3.29. The predicted octanol–water partition coefficient (Wildman–Crippen LogP) is 1.49. The van der Waals surface area contributed by atoms with Crippen LogP contribution in [0.2, 0.25) is 0 Å². The largest absolute Gasteiger partial charge is 0.272 e. The highest BCUT2D eigenvalue weighted by molar-refractivity contribution is 5.56. The highest BCUT2D eigenvalue weighted by atomic mass is 15.3. The molecule has 2 aromatic heterocycles. The van der Waals surface area contributed by atoms with Gasteiger partial charge in [0.15, 0.2) is 5.82 Å². The van der Waals surface area contributed by atoms with E-state index in [1.54, 1.807) is 12.4 Å². The third kappa shape index (κ3) is 1.39. The molecule has 14 heavy (non-hydrogen) atoms. The minimum Gasteiger partial charge on any atom is -0.272 e. The minimum absolute atomic E-state index is 0.746. The second-order valence-corrected chi connectivity index (χ2v) is 3.29. The topological polar surface area (TPSA) is 43.6 Å². The van der Waals surface area contributed by atoms with Crippen LogP contribution in [0.4, 0.5) is 0 Å². The summed E-state index contributed by atoms with van der Waals surface area (Å²) in [6.07, 6.45) is 3.56. The summed E-state index contributed by atoms with van der Waals surface area (Å²) in [5.41, 5.74) is 3.05. The fourth-order valence-corrected chi connectivity index (χ4v) is 1.30. The molecule has 4 nitrogen and oxygen atoms in total. The van der Waals surface area contributed by atoms with E-state index in [4.69, 9.17) is 0 Å². The van der Waals surface area contributed by atoms with Gasteiger partial charge in [-0.15, -0.1) is 0 Å². The van der Waals surface area contributed by atoms with Crippen molar-refractivity contribution in [2.45, 2.75) is 13.8 Å². The second kappa shape index (κ2) is 3.21. The van der Waals surface area contributed by atoms with E-state index in [-0.39, 0.29) is 0 Å². The van der Waals surface area contributed by atoms with Crippen LogP contribution in [0.15, 0.2) is 18.5 Å².